The lowest BCUT2D eigenvalue weighted by Gasteiger charge is -1.86. The van der Waals surface area contributed by atoms with Crippen molar-refractivity contribution in [2.75, 3.05) is 0 Å². The number of rotatable bonds is 2. The molecule has 0 aliphatic heterocycles. The van der Waals surface area contributed by atoms with Crippen LogP contribution in [0.5, 0.6) is 0 Å². The van der Waals surface area contributed by atoms with Crippen LogP contribution < -0.4 is 5.73 Å². The molecule has 1 fully saturated rings. The van der Waals surface area contributed by atoms with Gasteiger partial charge in [0.2, 0.25) is 0 Å². The third kappa shape index (κ3) is 1.16. The molecule has 1 heteroatoms. The summed E-state index contributed by atoms with van der Waals surface area (Å²) in [5.41, 5.74) is 5.55. The molecule has 1 rings (SSSR count). The van der Waals surface area contributed by atoms with Crippen LogP contribution in [0.15, 0.2) is 0 Å². The highest BCUT2D eigenvalue weighted by Crippen LogP contribution is 2.31. The van der Waals surface area contributed by atoms with Gasteiger partial charge in [0.1, 0.15) is 0 Å². The second-order valence-electron chi connectivity index (χ2n) is 2.45. The van der Waals surface area contributed by atoms with Gasteiger partial charge in [-0.2, -0.15) is 0 Å². The normalized spacial score (nSPS) is 38.6. The monoisotopic (exact) mass is 99.1 g/mol. The largest absolute Gasteiger partial charge is 0.327 e. The van der Waals surface area contributed by atoms with E-state index in [9.17, 15) is 0 Å². The molecule has 0 saturated heterocycles. The molecule has 0 aromatic rings. The van der Waals surface area contributed by atoms with Crippen molar-refractivity contribution in [3.8, 4) is 0 Å². The molecule has 7 heavy (non-hydrogen) atoms. The smallest absolute Gasteiger partial charge is 0.00709 e. The standard InChI is InChI=1S/C6H13N/c1-2-3-5-4-6(5)7/h5-6H,2-4,7H2,1H3/t5-,6?/m1/s1. The first kappa shape index (κ1) is 5.10. The van der Waals surface area contributed by atoms with E-state index in [1.54, 1.807) is 0 Å². The molecule has 0 radical (unpaired) electrons. The fourth-order valence-corrected chi connectivity index (χ4v) is 0.974. The van der Waals surface area contributed by atoms with Gasteiger partial charge in [0.05, 0.1) is 0 Å². The Kier molecular flexibility index (Phi) is 1.33. The van der Waals surface area contributed by atoms with Crippen LogP contribution in [0.4, 0.5) is 0 Å². The van der Waals surface area contributed by atoms with Crippen LogP contribution in [-0.4, -0.2) is 6.04 Å². The minimum atomic E-state index is 0.569. The van der Waals surface area contributed by atoms with Crippen molar-refractivity contribution in [2.45, 2.75) is 32.2 Å². The number of hydrogen-bond acceptors (Lipinski definition) is 1. The molecule has 0 heterocycles. The average molecular weight is 99.2 g/mol. The van der Waals surface area contributed by atoms with Crippen molar-refractivity contribution in [1.82, 2.24) is 0 Å². The van der Waals surface area contributed by atoms with Crippen LogP contribution >= 0.6 is 0 Å². The van der Waals surface area contributed by atoms with Crippen molar-refractivity contribution in [1.29, 1.82) is 0 Å². The van der Waals surface area contributed by atoms with Crippen LogP contribution in [0, 0.1) is 5.92 Å². The number of hydrogen-bond donors (Lipinski definition) is 1. The van der Waals surface area contributed by atoms with Crippen LogP contribution in [-0.2, 0) is 0 Å². The highest BCUT2D eigenvalue weighted by molar-refractivity contribution is 4.88. The maximum Gasteiger partial charge on any atom is 0.00709 e. The zero-order valence-electron chi connectivity index (χ0n) is 4.85. The summed E-state index contributed by atoms with van der Waals surface area (Å²) in [6.07, 6.45) is 3.94. The summed E-state index contributed by atoms with van der Waals surface area (Å²) in [6.45, 7) is 2.21. The molecule has 0 spiro atoms. The SMILES string of the molecule is CCC[C@@H]1CC1N. The minimum Gasteiger partial charge on any atom is -0.327 e. The summed E-state index contributed by atoms with van der Waals surface area (Å²) in [5.74, 6) is 0.894. The molecule has 1 aliphatic rings. The van der Waals surface area contributed by atoms with E-state index in [0.717, 1.165) is 5.92 Å². The Hall–Kier alpha value is -0.0400. The quantitative estimate of drug-likeness (QED) is 0.552. The Morgan fingerprint density at radius 1 is 1.71 bits per heavy atom. The molecule has 1 unspecified atom stereocenters. The predicted octanol–water partition coefficient (Wildman–Crippen LogP) is 1.13. The Labute approximate surface area is 44.9 Å². The van der Waals surface area contributed by atoms with Gasteiger partial charge >= 0.3 is 0 Å². The van der Waals surface area contributed by atoms with Gasteiger partial charge in [-0.05, 0) is 18.8 Å². The molecule has 2 N–H and O–H groups in total. The second kappa shape index (κ2) is 1.83. The minimum absolute atomic E-state index is 0.569. The Bertz CT molecular complexity index is 61.2. The van der Waals surface area contributed by atoms with E-state index in [-0.39, 0.29) is 0 Å². The summed E-state index contributed by atoms with van der Waals surface area (Å²) in [4.78, 5) is 0. The third-order valence-corrected chi connectivity index (χ3v) is 1.64. The molecule has 0 aromatic heterocycles. The fraction of sp³-hybridized carbons (Fsp3) is 1.00. The molecule has 2 atom stereocenters. The van der Waals surface area contributed by atoms with Crippen molar-refractivity contribution in [3.63, 3.8) is 0 Å². The molecular weight excluding hydrogens is 86.1 g/mol. The van der Waals surface area contributed by atoms with Crippen LogP contribution in [0.3, 0.4) is 0 Å². The average Bonchev–Trinajstić information content (AvgIpc) is 2.22. The van der Waals surface area contributed by atoms with E-state index in [0.29, 0.717) is 6.04 Å². The fourth-order valence-electron chi connectivity index (χ4n) is 0.974. The second-order valence-corrected chi connectivity index (χ2v) is 2.45. The topological polar surface area (TPSA) is 26.0 Å². The van der Waals surface area contributed by atoms with Crippen LogP contribution in [0.25, 0.3) is 0 Å². The summed E-state index contributed by atoms with van der Waals surface area (Å²) < 4.78 is 0. The highest BCUT2D eigenvalue weighted by atomic mass is 14.7. The van der Waals surface area contributed by atoms with Crippen molar-refractivity contribution in [2.24, 2.45) is 11.7 Å². The van der Waals surface area contributed by atoms with Crippen LogP contribution in [0.2, 0.25) is 0 Å². The Morgan fingerprint density at radius 2 is 2.29 bits per heavy atom. The van der Waals surface area contributed by atoms with Gasteiger partial charge in [0.15, 0.2) is 0 Å². The van der Waals surface area contributed by atoms with Gasteiger partial charge in [0, 0.05) is 6.04 Å². The zero-order valence-corrected chi connectivity index (χ0v) is 4.85. The molecule has 0 bridgehead atoms. The van der Waals surface area contributed by atoms with Gasteiger partial charge < -0.3 is 5.73 Å². The Morgan fingerprint density at radius 3 is 2.43 bits per heavy atom. The predicted molar refractivity (Wildman–Crippen MR) is 31.0 cm³/mol. The van der Waals surface area contributed by atoms with E-state index >= 15 is 0 Å². The third-order valence-electron chi connectivity index (χ3n) is 1.64. The van der Waals surface area contributed by atoms with Crippen molar-refractivity contribution >= 4 is 0 Å². The zero-order chi connectivity index (χ0) is 5.28. The Balaban J connectivity index is 1.98. The van der Waals surface area contributed by atoms with E-state index in [4.69, 9.17) is 5.73 Å². The first-order valence-electron chi connectivity index (χ1n) is 3.10. The molecule has 1 nitrogen and oxygen atoms in total. The maximum absolute atomic E-state index is 5.55. The van der Waals surface area contributed by atoms with E-state index in [1.165, 1.54) is 19.3 Å². The molecule has 42 valence electrons. The number of nitrogens with two attached hydrogens (primary N) is 1. The molecule has 0 amide bonds. The highest BCUT2D eigenvalue weighted by Gasteiger charge is 2.31. The molecule has 0 aromatic carbocycles. The van der Waals surface area contributed by atoms with Crippen LogP contribution in [0.1, 0.15) is 26.2 Å². The van der Waals surface area contributed by atoms with E-state index in [2.05, 4.69) is 6.92 Å². The first-order valence-corrected chi connectivity index (χ1v) is 3.10. The van der Waals surface area contributed by atoms with Gasteiger partial charge in [-0.25, -0.2) is 0 Å². The van der Waals surface area contributed by atoms with E-state index in [1.807, 2.05) is 0 Å². The molecule has 1 saturated carbocycles. The first-order chi connectivity index (χ1) is 3.34. The summed E-state index contributed by atoms with van der Waals surface area (Å²) in [5, 5.41) is 0. The van der Waals surface area contributed by atoms with Gasteiger partial charge in [0.25, 0.3) is 0 Å². The summed E-state index contributed by atoms with van der Waals surface area (Å²) in [7, 11) is 0. The molecular formula is C6H13N. The van der Waals surface area contributed by atoms with Gasteiger partial charge in [-0.1, -0.05) is 13.3 Å². The van der Waals surface area contributed by atoms with Gasteiger partial charge in [-0.3, -0.25) is 0 Å². The van der Waals surface area contributed by atoms with Gasteiger partial charge in [-0.15, -0.1) is 0 Å². The lowest BCUT2D eigenvalue weighted by atomic mass is 10.2. The lowest BCUT2D eigenvalue weighted by Crippen LogP contribution is -2.00. The lowest BCUT2D eigenvalue weighted by molar-refractivity contribution is 0.683. The van der Waals surface area contributed by atoms with E-state index < -0.39 is 0 Å². The van der Waals surface area contributed by atoms with Crippen molar-refractivity contribution < 1.29 is 0 Å². The summed E-state index contributed by atoms with van der Waals surface area (Å²) in [6, 6.07) is 0.569. The molecule has 1 aliphatic carbocycles. The maximum atomic E-state index is 5.55. The summed E-state index contributed by atoms with van der Waals surface area (Å²) >= 11 is 0. The van der Waals surface area contributed by atoms with Crippen molar-refractivity contribution in [3.05, 3.63) is 0 Å².